The fourth-order valence-corrected chi connectivity index (χ4v) is 3.47. The largest absolute Gasteiger partial charge is 0.454 e. The SMILES string of the molecule is Cc1ccc(-c2nc3ccccc3c(C(=O)OCC(=O)c3ccccc3)c2C)cc1. The van der Waals surface area contributed by atoms with Gasteiger partial charge in [0.15, 0.2) is 12.4 Å². The second kappa shape index (κ2) is 8.29. The lowest BCUT2D eigenvalue weighted by Crippen LogP contribution is -2.16. The van der Waals surface area contributed by atoms with E-state index in [4.69, 9.17) is 9.72 Å². The fraction of sp³-hybridized carbons (Fsp3) is 0.115. The highest BCUT2D eigenvalue weighted by molar-refractivity contribution is 6.07. The van der Waals surface area contributed by atoms with Gasteiger partial charge in [0.2, 0.25) is 0 Å². The van der Waals surface area contributed by atoms with E-state index in [1.54, 1.807) is 24.3 Å². The molecule has 0 spiro atoms. The lowest BCUT2D eigenvalue weighted by Gasteiger charge is -2.14. The number of ketones is 1. The molecule has 0 aliphatic carbocycles. The van der Waals surface area contributed by atoms with E-state index < -0.39 is 5.97 Å². The van der Waals surface area contributed by atoms with Crippen LogP contribution >= 0.6 is 0 Å². The van der Waals surface area contributed by atoms with Crippen LogP contribution in [0.5, 0.6) is 0 Å². The standard InChI is InChI=1S/C26H21NO3/c1-17-12-14-20(15-13-17)25-18(2)24(21-10-6-7-11-22(21)27-25)26(29)30-16-23(28)19-8-4-3-5-9-19/h3-15H,16H2,1-2H3. The first kappa shape index (κ1) is 19.5. The van der Waals surface area contributed by atoms with Crippen molar-refractivity contribution in [3.05, 3.63) is 101 Å². The number of hydrogen-bond acceptors (Lipinski definition) is 4. The maximum Gasteiger partial charge on any atom is 0.339 e. The molecule has 0 atom stereocenters. The minimum absolute atomic E-state index is 0.237. The molecule has 0 N–H and O–H groups in total. The average Bonchev–Trinajstić information content (AvgIpc) is 2.78. The zero-order chi connectivity index (χ0) is 21.1. The zero-order valence-corrected chi connectivity index (χ0v) is 16.9. The van der Waals surface area contributed by atoms with Gasteiger partial charge in [0.1, 0.15) is 0 Å². The summed E-state index contributed by atoms with van der Waals surface area (Å²) >= 11 is 0. The number of esters is 1. The summed E-state index contributed by atoms with van der Waals surface area (Å²) in [5.74, 6) is -0.762. The first-order valence-corrected chi connectivity index (χ1v) is 9.76. The number of aryl methyl sites for hydroxylation is 1. The van der Waals surface area contributed by atoms with Gasteiger partial charge in [-0.05, 0) is 25.5 Å². The molecule has 4 nitrogen and oxygen atoms in total. The third-order valence-electron chi connectivity index (χ3n) is 5.10. The van der Waals surface area contributed by atoms with Crippen molar-refractivity contribution >= 4 is 22.7 Å². The van der Waals surface area contributed by atoms with Crippen molar-refractivity contribution in [2.24, 2.45) is 0 Å². The van der Waals surface area contributed by atoms with Crippen molar-refractivity contribution in [2.75, 3.05) is 6.61 Å². The van der Waals surface area contributed by atoms with Crippen LogP contribution < -0.4 is 0 Å². The number of rotatable bonds is 5. The minimum Gasteiger partial charge on any atom is -0.454 e. The van der Waals surface area contributed by atoms with Crippen molar-refractivity contribution in [2.45, 2.75) is 13.8 Å². The van der Waals surface area contributed by atoms with Crippen LogP contribution in [0.25, 0.3) is 22.2 Å². The lowest BCUT2D eigenvalue weighted by molar-refractivity contribution is 0.0476. The summed E-state index contributed by atoms with van der Waals surface area (Å²) in [7, 11) is 0. The van der Waals surface area contributed by atoms with Gasteiger partial charge in [0.05, 0.1) is 16.8 Å². The lowest BCUT2D eigenvalue weighted by atomic mass is 9.97. The van der Waals surface area contributed by atoms with E-state index in [0.29, 0.717) is 22.0 Å². The molecule has 30 heavy (non-hydrogen) atoms. The molecule has 0 amide bonds. The van der Waals surface area contributed by atoms with Crippen molar-refractivity contribution in [3.63, 3.8) is 0 Å². The number of para-hydroxylation sites is 1. The zero-order valence-electron chi connectivity index (χ0n) is 16.9. The Kier molecular flexibility index (Phi) is 5.40. The third kappa shape index (κ3) is 3.85. The molecule has 3 aromatic carbocycles. The molecule has 0 saturated carbocycles. The normalized spacial score (nSPS) is 10.7. The van der Waals surface area contributed by atoms with Crippen LogP contribution in [0.15, 0.2) is 78.9 Å². The highest BCUT2D eigenvalue weighted by atomic mass is 16.5. The molecule has 1 aromatic heterocycles. The Labute approximate surface area is 175 Å². The van der Waals surface area contributed by atoms with Gasteiger partial charge in [-0.2, -0.15) is 0 Å². The molecule has 4 aromatic rings. The Bertz CT molecular complexity index is 1230. The molecule has 1 heterocycles. The van der Waals surface area contributed by atoms with Crippen molar-refractivity contribution < 1.29 is 14.3 Å². The number of carbonyl (C=O) groups is 2. The Morgan fingerprint density at radius 2 is 1.50 bits per heavy atom. The Morgan fingerprint density at radius 1 is 0.833 bits per heavy atom. The number of benzene rings is 3. The molecule has 0 radical (unpaired) electrons. The van der Waals surface area contributed by atoms with Crippen LogP contribution in [0, 0.1) is 13.8 Å². The fourth-order valence-electron chi connectivity index (χ4n) is 3.47. The van der Waals surface area contributed by atoms with Crippen LogP contribution in [0.3, 0.4) is 0 Å². The summed E-state index contributed by atoms with van der Waals surface area (Å²) in [6.07, 6.45) is 0. The number of carbonyl (C=O) groups excluding carboxylic acids is 2. The molecule has 0 aliphatic rings. The Balaban J connectivity index is 1.72. The van der Waals surface area contributed by atoms with E-state index in [-0.39, 0.29) is 12.4 Å². The van der Waals surface area contributed by atoms with E-state index in [9.17, 15) is 9.59 Å². The van der Waals surface area contributed by atoms with Gasteiger partial charge in [-0.3, -0.25) is 4.79 Å². The summed E-state index contributed by atoms with van der Waals surface area (Å²) in [6, 6.07) is 24.3. The monoisotopic (exact) mass is 395 g/mol. The first-order chi connectivity index (χ1) is 14.5. The molecule has 0 aliphatic heterocycles. The van der Waals surface area contributed by atoms with E-state index in [2.05, 4.69) is 0 Å². The summed E-state index contributed by atoms with van der Waals surface area (Å²) in [6.45, 7) is 3.58. The maximum atomic E-state index is 13.1. The Hall–Kier alpha value is -3.79. The predicted molar refractivity (Wildman–Crippen MR) is 118 cm³/mol. The van der Waals surface area contributed by atoms with Gasteiger partial charge in [-0.25, -0.2) is 9.78 Å². The van der Waals surface area contributed by atoms with Gasteiger partial charge < -0.3 is 4.74 Å². The summed E-state index contributed by atoms with van der Waals surface area (Å²) in [5.41, 5.74) is 5.21. The van der Waals surface area contributed by atoms with Crippen LogP contribution in [0.4, 0.5) is 0 Å². The summed E-state index contributed by atoms with van der Waals surface area (Å²) in [5, 5.41) is 0.711. The van der Waals surface area contributed by atoms with Crippen LogP contribution in [-0.4, -0.2) is 23.3 Å². The van der Waals surface area contributed by atoms with Gasteiger partial charge >= 0.3 is 5.97 Å². The highest BCUT2D eigenvalue weighted by Gasteiger charge is 2.21. The van der Waals surface area contributed by atoms with Gasteiger partial charge in [0.25, 0.3) is 0 Å². The summed E-state index contributed by atoms with van der Waals surface area (Å²) < 4.78 is 5.43. The molecular weight excluding hydrogens is 374 g/mol. The van der Waals surface area contributed by atoms with Crippen molar-refractivity contribution in [3.8, 4) is 11.3 Å². The van der Waals surface area contributed by atoms with Crippen LogP contribution in [0.2, 0.25) is 0 Å². The number of hydrogen-bond donors (Lipinski definition) is 0. The molecular formula is C26H21NO3. The molecule has 4 rings (SSSR count). The van der Waals surface area contributed by atoms with E-state index in [1.165, 1.54) is 0 Å². The van der Waals surface area contributed by atoms with Crippen molar-refractivity contribution in [1.29, 1.82) is 0 Å². The minimum atomic E-state index is -0.524. The molecule has 0 bridgehead atoms. The number of aromatic nitrogens is 1. The molecule has 148 valence electrons. The third-order valence-corrected chi connectivity index (χ3v) is 5.10. The number of ether oxygens (including phenoxy) is 1. The quantitative estimate of drug-likeness (QED) is 0.328. The average molecular weight is 395 g/mol. The smallest absolute Gasteiger partial charge is 0.339 e. The molecule has 0 saturated heterocycles. The molecule has 0 unspecified atom stereocenters. The number of nitrogens with zero attached hydrogens (tertiary/aromatic N) is 1. The maximum absolute atomic E-state index is 13.1. The van der Waals surface area contributed by atoms with Gasteiger partial charge in [-0.15, -0.1) is 0 Å². The predicted octanol–water partition coefficient (Wildman–Crippen LogP) is 5.56. The second-order valence-corrected chi connectivity index (χ2v) is 7.21. The van der Waals surface area contributed by atoms with E-state index in [1.807, 2.05) is 68.4 Å². The highest BCUT2D eigenvalue weighted by Crippen LogP contribution is 2.30. The summed E-state index contributed by atoms with van der Waals surface area (Å²) in [4.78, 5) is 30.2. The van der Waals surface area contributed by atoms with Crippen molar-refractivity contribution in [1.82, 2.24) is 4.98 Å². The number of pyridine rings is 1. The molecule has 0 fully saturated rings. The number of Topliss-reactive ketones (excluding diaryl/α,β-unsaturated/α-hetero) is 1. The van der Waals surface area contributed by atoms with Crippen LogP contribution in [-0.2, 0) is 4.74 Å². The van der Waals surface area contributed by atoms with Crippen LogP contribution in [0.1, 0.15) is 31.8 Å². The Morgan fingerprint density at radius 3 is 2.23 bits per heavy atom. The van der Waals surface area contributed by atoms with Gasteiger partial charge in [0, 0.05) is 16.5 Å². The topological polar surface area (TPSA) is 56.3 Å². The van der Waals surface area contributed by atoms with E-state index >= 15 is 0 Å². The number of fused-ring (bicyclic) bond motifs is 1. The van der Waals surface area contributed by atoms with Gasteiger partial charge in [-0.1, -0.05) is 78.4 Å². The second-order valence-electron chi connectivity index (χ2n) is 7.21. The molecule has 4 heteroatoms. The van der Waals surface area contributed by atoms with E-state index in [0.717, 1.165) is 22.4 Å². The first-order valence-electron chi connectivity index (χ1n) is 9.76.